The van der Waals surface area contributed by atoms with Crippen LogP contribution in [0.2, 0.25) is 5.02 Å². The van der Waals surface area contributed by atoms with Crippen LogP contribution in [-0.4, -0.2) is 39.8 Å². The molecular weight excluding hydrogens is 254 g/mol. The number of likely N-dealkylation sites (N-methyl/N-ethyl adjacent to an activating group) is 1. The number of rotatable bonds is 6. The molecular formula is C12H18ClN3O2. The Morgan fingerprint density at radius 1 is 1.56 bits per heavy atom. The number of carbonyl (C=O) groups is 1. The lowest BCUT2D eigenvalue weighted by Crippen LogP contribution is -2.36. The Hall–Kier alpha value is -1.46. The van der Waals surface area contributed by atoms with Crippen molar-refractivity contribution in [3.8, 4) is 0 Å². The van der Waals surface area contributed by atoms with Crippen molar-refractivity contribution in [1.29, 1.82) is 0 Å². The SMILES string of the molecule is COCCNC(=O)CN(C)c1ccc(Cl)cc1N. The summed E-state index contributed by atoms with van der Waals surface area (Å²) in [6.07, 6.45) is 0. The van der Waals surface area contributed by atoms with Gasteiger partial charge in [0.05, 0.1) is 24.5 Å². The van der Waals surface area contributed by atoms with Gasteiger partial charge in [0.1, 0.15) is 0 Å². The van der Waals surface area contributed by atoms with Gasteiger partial charge < -0.3 is 20.7 Å². The number of methoxy groups -OCH3 is 1. The van der Waals surface area contributed by atoms with Crippen molar-refractivity contribution >= 4 is 28.9 Å². The number of nitrogens with two attached hydrogens (primary N) is 1. The van der Waals surface area contributed by atoms with Gasteiger partial charge in [0, 0.05) is 25.7 Å². The van der Waals surface area contributed by atoms with E-state index < -0.39 is 0 Å². The quantitative estimate of drug-likeness (QED) is 0.601. The number of carbonyl (C=O) groups excluding carboxylic acids is 1. The van der Waals surface area contributed by atoms with Crippen LogP contribution < -0.4 is 16.0 Å². The standard InChI is InChI=1S/C12H18ClN3O2/c1-16(8-12(17)15-5-6-18-2)11-4-3-9(13)7-10(11)14/h3-4,7H,5-6,8,14H2,1-2H3,(H,15,17). The summed E-state index contributed by atoms with van der Waals surface area (Å²) in [7, 11) is 3.39. The van der Waals surface area contributed by atoms with E-state index >= 15 is 0 Å². The van der Waals surface area contributed by atoms with Gasteiger partial charge in [0.25, 0.3) is 0 Å². The maximum absolute atomic E-state index is 11.6. The summed E-state index contributed by atoms with van der Waals surface area (Å²) in [6.45, 7) is 1.23. The first-order valence-electron chi connectivity index (χ1n) is 5.56. The lowest BCUT2D eigenvalue weighted by atomic mass is 10.2. The molecule has 0 aromatic heterocycles. The van der Waals surface area contributed by atoms with E-state index in [0.717, 1.165) is 5.69 Å². The summed E-state index contributed by atoms with van der Waals surface area (Å²) in [5.74, 6) is -0.0797. The highest BCUT2D eigenvalue weighted by Crippen LogP contribution is 2.25. The van der Waals surface area contributed by atoms with Crippen LogP contribution in [0.3, 0.4) is 0 Å². The van der Waals surface area contributed by atoms with Gasteiger partial charge in [0.2, 0.25) is 5.91 Å². The second-order valence-corrected chi connectivity index (χ2v) is 4.34. The number of anilines is 2. The second kappa shape index (κ2) is 7.08. The molecule has 0 heterocycles. The van der Waals surface area contributed by atoms with Crippen molar-refractivity contribution in [2.75, 3.05) is 44.5 Å². The second-order valence-electron chi connectivity index (χ2n) is 3.90. The van der Waals surface area contributed by atoms with Crippen molar-refractivity contribution in [2.45, 2.75) is 0 Å². The van der Waals surface area contributed by atoms with Gasteiger partial charge in [-0.15, -0.1) is 0 Å². The minimum Gasteiger partial charge on any atom is -0.397 e. The zero-order valence-corrected chi connectivity index (χ0v) is 11.3. The van der Waals surface area contributed by atoms with E-state index in [2.05, 4.69) is 5.32 Å². The topological polar surface area (TPSA) is 67.6 Å². The van der Waals surface area contributed by atoms with Gasteiger partial charge in [-0.05, 0) is 18.2 Å². The molecule has 0 unspecified atom stereocenters. The predicted molar refractivity (Wildman–Crippen MR) is 74.0 cm³/mol. The lowest BCUT2D eigenvalue weighted by Gasteiger charge is -2.20. The van der Waals surface area contributed by atoms with Crippen molar-refractivity contribution in [2.24, 2.45) is 0 Å². The molecule has 1 rings (SSSR count). The first-order chi connectivity index (χ1) is 8.54. The van der Waals surface area contributed by atoms with Gasteiger partial charge >= 0.3 is 0 Å². The number of benzene rings is 1. The number of amides is 1. The van der Waals surface area contributed by atoms with Crippen LogP contribution in [0.1, 0.15) is 0 Å². The fourth-order valence-electron chi connectivity index (χ4n) is 1.52. The number of hydrogen-bond donors (Lipinski definition) is 2. The van der Waals surface area contributed by atoms with E-state index in [0.29, 0.717) is 23.9 Å². The minimum absolute atomic E-state index is 0.0797. The Bertz CT molecular complexity index is 412. The molecule has 0 saturated carbocycles. The molecule has 0 saturated heterocycles. The molecule has 0 aliphatic rings. The van der Waals surface area contributed by atoms with E-state index in [1.165, 1.54) is 0 Å². The third-order valence-electron chi connectivity index (χ3n) is 2.41. The Morgan fingerprint density at radius 3 is 2.89 bits per heavy atom. The Kier molecular flexibility index (Phi) is 5.74. The van der Waals surface area contributed by atoms with Crippen LogP contribution in [-0.2, 0) is 9.53 Å². The Labute approximate surface area is 112 Å². The monoisotopic (exact) mass is 271 g/mol. The Balaban J connectivity index is 2.54. The van der Waals surface area contributed by atoms with Gasteiger partial charge in [-0.2, -0.15) is 0 Å². The molecule has 5 nitrogen and oxygen atoms in total. The van der Waals surface area contributed by atoms with Crippen LogP contribution >= 0.6 is 11.6 Å². The molecule has 1 aromatic carbocycles. The maximum Gasteiger partial charge on any atom is 0.239 e. The van der Waals surface area contributed by atoms with Crippen LogP contribution in [0.15, 0.2) is 18.2 Å². The van der Waals surface area contributed by atoms with Crippen LogP contribution in [0.4, 0.5) is 11.4 Å². The predicted octanol–water partition coefficient (Wildman–Crippen LogP) is 1.12. The van der Waals surface area contributed by atoms with E-state index in [4.69, 9.17) is 22.1 Å². The van der Waals surface area contributed by atoms with Crippen molar-refractivity contribution in [3.63, 3.8) is 0 Å². The summed E-state index contributed by atoms with van der Waals surface area (Å²) in [5.41, 5.74) is 7.17. The molecule has 0 fully saturated rings. The number of nitrogens with one attached hydrogen (secondary N) is 1. The van der Waals surface area contributed by atoms with E-state index in [1.54, 1.807) is 37.3 Å². The van der Waals surface area contributed by atoms with Gasteiger partial charge in [-0.3, -0.25) is 4.79 Å². The lowest BCUT2D eigenvalue weighted by molar-refractivity contribution is -0.119. The molecule has 0 aliphatic heterocycles. The van der Waals surface area contributed by atoms with Gasteiger partial charge in [-0.25, -0.2) is 0 Å². The molecule has 0 aliphatic carbocycles. The number of nitrogens with zero attached hydrogens (tertiary/aromatic N) is 1. The molecule has 3 N–H and O–H groups in total. The normalized spacial score (nSPS) is 10.2. The molecule has 1 aromatic rings. The zero-order valence-electron chi connectivity index (χ0n) is 10.6. The summed E-state index contributed by atoms with van der Waals surface area (Å²) < 4.78 is 4.85. The van der Waals surface area contributed by atoms with Crippen molar-refractivity contribution in [3.05, 3.63) is 23.2 Å². The molecule has 0 atom stereocenters. The van der Waals surface area contributed by atoms with Crippen molar-refractivity contribution in [1.82, 2.24) is 5.32 Å². The highest BCUT2D eigenvalue weighted by Gasteiger charge is 2.09. The van der Waals surface area contributed by atoms with Crippen LogP contribution in [0, 0.1) is 0 Å². The average Bonchev–Trinajstić information content (AvgIpc) is 2.28. The largest absolute Gasteiger partial charge is 0.397 e. The van der Waals surface area contributed by atoms with Gasteiger partial charge in [0.15, 0.2) is 0 Å². The Morgan fingerprint density at radius 2 is 2.28 bits per heavy atom. The first-order valence-corrected chi connectivity index (χ1v) is 5.94. The summed E-state index contributed by atoms with van der Waals surface area (Å²) >= 11 is 5.82. The molecule has 0 spiro atoms. The number of nitrogen functional groups attached to an aromatic ring is 1. The van der Waals surface area contributed by atoms with Crippen molar-refractivity contribution < 1.29 is 9.53 Å². The van der Waals surface area contributed by atoms with E-state index in [9.17, 15) is 4.79 Å². The average molecular weight is 272 g/mol. The minimum atomic E-state index is -0.0797. The first kappa shape index (κ1) is 14.6. The highest BCUT2D eigenvalue weighted by molar-refractivity contribution is 6.31. The maximum atomic E-state index is 11.6. The van der Waals surface area contributed by atoms with Crippen LogP contribution in [0.25, 0.3) is 0 Å². The number of hydrogen-bond acceptors (Lipinski definition) is 4. The molecule has 6 heteroatoms. The third kappa shape index (κ3) is 4.43. The molecule has 0 bridgehead atoms. The van der Waals surface area contributed by atoms with E-state index in [1.807, 2.05) is 0 Å². The molecule has 1 amide bonds. The summed E-state index contributed by atoms with van der Waals surface area (Å²) in [4.78, 5) is 13.4. The van der Waals surface area contributed by atoms with Gasteiger partial charge in [-0.1, -0.05) is 11.6 Å². The van der Waals surface area contributed by atoms with Crippen LogP contribution in [0.5, 0.6) is 0 Å². The molecule has 0 radical (unpaired) electrons. The fourth-order valence-corrected chi connectivity index (χ4v) is 1.70. The summed E-state index contributed by atoms with van der Waals surface area (Å²) in [6, 6.07) is 5.20. The molecule has 18 heavy (non-hydrogen) atoms. The molecule has 100 valence electrons. The number of ether oxygens (including phenoxy) is 1. The smallest absolute Gasteiger partial charge is 0.239 e. The fraction of sp³-hybridized carbons (Fsp3) is 0.417. The van der Waals surface area contributed by atoms with E-state index in [-0.39, 0.29) is 12.5 Å². The summed E-state index contributed by atoms with van der Waals surface area (Å²) in [5, 5.41) is 3.32. The number of halogens is 1. The zero-order chi connectivity index (χ0) is 13.5. The highest BCUT2D eigenvalue weighted by atomic mass is 35.5. The third-order valence-corrected chi connectivity index (χ3v) is 2.65.